The molecule has 0 bridgehead atoms. The monoisotopic (exact) mass is 414 g/mol. The lowest BCUT2D eigenvalue weighted by atomic mass is 10.1. The minimum atomic E-state index is -2.63. The second kappa shape index (κ2) is 10.9. The molecule has 7 nitrogen and oxygen atoms in total. The molecule has 1 aromatic rings. The van der Waals surface area contributed by atoms with Gasteiger partial charge < -0.3 is 24.0 Å². The molecule has 1 fully saturated rings. The van der Waals surface area contributed by atoms with Crippen molar-refractivity contribution in [2.75, 3.05) is 54.1 Å². The molecule has 1 saturated heterocycles. The molecule has 0 radical (unpaired) electrons. The molecule has 1 unspecified atom stereocenters. The third-order valence-corrected chi connectivity index (χ3v) is 4.92. The summed E-state index contributed by atoms with van der Waals surface area (Å²) in [6.07, 6.45) is -2.01. The number of methoxy groups -OCH3 is 3. The van der Waals surface area contributed by atoms with E-state index >= 15 is 0 Å². The van der Waals surface area contributed by atoms with Crippen LogP contribution in [0.4, 0.5) is 8.78 Å². The van der Waals surface area contributed by atoms with Crippen molar-refractivity contribution in [3.8, 4) is 11.5 Å². The Morgan fingerprint density at radius 1 is 1.24 bits per heavy atom. The first-order valence-corrected chi connectivity index (χ1v) is 9.44. The van der Waals surface area contributed by atoms with Gasteiger partial charge in [-0.05, 0) is 24.1 Å². The van der Waals surface area contributed by atoms with Crippen LogP contribution in [0.2, 0.25) is 0 Å². The number of amides is 2. The van der Waals surface area contributed by atoms with Gasteiger partial charge in [-0.1, -0.05) is 6.07 Å². The van der Waals surface area contributed by atoms with E-state index in [0.717, 1.165) is 10.5 Å². The van der Waals surface area contributed by atoms with Crippen LogP contribution in [0.3, 0.4) is 0 Å². The molecular formula is C20H28F2N2O5. The molecule has 1 aliphatic rings. The van der Waals surface area contributed by atoms with Gasteiger partial charge in [-0.3, -0.25) is 9.59 Å². The standard InChI is InChI=1S/C20H28F2N2O5/c1-27-9-8-24(13-18(21)22)20(26)15-11-19(25)23(12-15)7-6-14-4-5-16(28-2)17(10-14)29-3/h4-5,10,15,18H,6-9,11-13H2,1-3H3. The highest BCUT2D eigenvalue weighted by molar-refractivity contribution is 5.89. The van der Waals surface area contributed by atoms with Crippen molar-refractivity contribution in [1.29, 1.82) is 0 Å². The van der Waals surface area contributed by atoms with E-state index in [9.17, 15) is 18.4 Å². The van der Waals surface area contributed by atoms with Gasteiger partial charge in [0.2, 0.25) is 11.8 Å². The van der Waals surface area contributed by atoms with Crippen LogP contribution in [0.15, 0.2) is 18.2 Å². The number of rotatable bonds is 11. The van der Waals surface area contributed by atoms with Crippen molar-refractivity contribution in [3.63, 3.8) is 0 Å². The Morgan fingerprint density at radius 2 is 1.97 bits per heavy atom. The first-order valence-electron chi connectivity index (χ1n) is 9.44. The molecule has 0 aliphatic carbocycles. The van der Waals surface area contributed by atoms with Gasteiger partial charge >= 0.3 is 0 Å². The Morgan fingerprint density at radius 3 is 2.59 bits per heavy atom. The number of ether oxygens (including phenoxy) is 3. The number of hydrogen-bond donors (Lipinski definition) is 0. The molecule has 0 N–H and O–H groups in total. The lowest BCUT2D eigenvalue weighted by molar-refractivity contribution is -0.138. The van der Waals surface area contributed by atoms with Crippen LogP contribution in [0.25, 0.3) is 0 Å². The lowest BCUT2D eigenvalue weighted by Crippen LogP contribution is -2.42. The van der Waals surface area contributed by atoms with Crippen molar-refractivity contribution in [2.45, 2.75) is 19.3 Å². The molecule has 162 valence electrons. The zero-order valence-corrected chi connectivity index (χ0v) is 17.0. The number of alkyl halides is 2. The van der Waals surface area contributed by atoms with Crippen LogP contribution in [-0.4, -0.2) is 82.2 Å². The SMILES string of the molecule is COCCN(CC(F)F)C(=O)C1CC(=O)N(CCc2ccc(OC)c(OC)c2)C1. The second-order valence-corrected chi connectivity index (χ2v) is 6.85. The number of halogens is 2. The van der Waals surface area contributed by atoms with Gasteiger partial charge in [0.05, 0.1) is 33.3 Å². The summed E-state index contributed by atoms with van der Waals surface area (Å²) < 4.78 is 41.0. The molecule has 2 rings (SSSR count). The zero-order chi connectivity index (χ0) is 21.4. The lowest BCUT2D eigenvalue weighted by Gasteiger charge is -2.25. The van der Waals surface area contributed by atoms with E-state index in [1.54, 1.807) is 25.2 Å². The van der Waals surface area contributed by atoms with E-state index < -0.39 is 24.8 Å². The summed E-state index contributed by atoms with van der Waals surface area (Å²) in [5.74, 6) is 0.0429. The smallest absolute Gasteiger partial charge is 0.255 e. The maximum absolute atomic E-state index is 12.8. The highest BCUT2D eigenvalue weighted by Gasteiger charge is 2.36. The summed E-state index contributed by atoms with van der Waals surface area (Å²) in [6, 6.07) is 5.53. The van der Waals surface area contributed by atoms with Crippen LogP contribution in [0.5, 0.6) is 11.5 Å². The first-order chi connectivity index (χ1) is 13.9. The van der Waals surface area contributed by atoms with E-state index in [1.807, 2.05) is 12.1 Å². The molecule has 0 spiro atoms. The summed E-state index contributed by atoms with van der Waals surface area (Å²) in [7, 11) is 4.55. The van der Waals surface area contributed by atoms with E-state index in [4.69, 9.17) is 14.2 Å². The van der Waals surface area contributed by atoms with Crippen molar-refractivity contribution in [3.05, 3.63) is 23.8 Å². The molecule has 0 saturated carbocycles. The molecule has 1 heterocycles. The highest BCUT2D eigenvalue weighted by Crippen LogP contribution is 2.28. The average Bonchev–Trinajstić information content (AvgIpc) is 3.09. The van der Waals surface area contributed by atoms with E-state index in [-0.39, 0.29) is 32.0 Å². The van der Waals surface area contributed by atoms with E-state index in [2.05, 4.69) is 0 Å². The van der Waals surface area contributed by atoms with E-state index in [0.29, 0.717) is 24.5 Å². The maximum atomic E-state index is 12.8. The van der Waals surface area contributed by atoms with Gasteiger partial charge in [0.25, 0.3) is 6.43 Å². The van der Waals surface area contributed by atoms with Crippen molar-refractivity contribution in [1.82, 2.24) is 9.80 Å². The Bertz CT molecular complexity index is 701. The van der Waals surface area contributed by atoms with Crippen molar-refractivity contribution in [2.24, 2.45) is 5.92 Å². The van der Waals surface area contributed by atoms with Crippen LogP contribution >= 0.6 is 0 Å². The Labute approximate surface area is 169 Å². The second-order valence-electron chi connectivity index (χ2n) is 6.85. The zero-order valence-electron chi connectivity index (χ0n) is 17.0. The average molecular weight is 414 g/mol. The summed E-state index contributed by atoms with van der Waals surface area (Å²) in [4.78, 5) is 27.7. The molecule has 1 aromatic carbocycles. The number of nitrogens with zero attached hydrogens (tertiary/aromatic N) is 2. The molecule has 1 atom stereocenters. The van der Waals surface area contributed by atoms with Gasteiger partial charge in [0, 0.05) is 33.2 Å². The Balaban J connectivity index is 1.96. The number of benzene rings is 1. The summed E-state index contributed by atoms with van der Waals surface area (Å²) in [6.45, 7) is 0.263. The highest BCUT2D eigenvalue weighted by atomic mass is 19.3. The largest absolute Gasteiger partial charge is 0.493 e. The maximum Gasteiger partial charge on any atom is 0.255 e. The third kappa shape index (κ3) is 6.28. The fourth-order valence-corrected chi connectivity index (χ4v) is 3.37. The fourth-order valence-electron chi connectivity index (χ4n) is 3.37. The van der Waals surface area contributed by atoms with Crippen LogP contribution in [-0.2, 0) is 20.7 Å². The van der Waals surface area contributed by atoms with Crippen molar-refractivity contribution >= 4 is 11.8 Å². The summed E-state index contributed by atoms with van der Waals surface area (Å²) >= 11 is 0. The van der Waals surface area contributed by atoms with Gasteiger partial charge in [0.15, 0.2) is 11.5 Å². The minimum absolute atomic E-state index is 0.0392. The van der Waals surface area contributed by atoms with Gasteiger partial charge in [-0.25, -0.2) is 8.78 Å². The molecule has 9 heteroatoms. The number of hydrogen-bond acceptors (Lipinski definition) is 5. The van der Waals surface area contributed by atoms with Gasteiger partial charge in [-0.15, -0.1) is 0 Å². The fraction of sp³-hybridized carbons (Fsp3) is 0.600. The quantitative estimate of drug-likeness (QED) is 0.553. The predicted molar refractivity (Wildman–Crippen MR) is 102 cm³/mol. The normalized spacial score (nSPS) is 16.4. The first kappa shape index (κ1) is 22.9. The van der Waals surface area contributed by atoms with Gasteiger partial charge in [0.1, 0.15) is 0 Å². The number of carbonyl (C=O) groups excluding carboxylic acids is 2. The number of likely N-dealkylation sites (tertiary alicyclic amines) is 1. The third-order valence-electron chi connectivity index (χ3n) is 4.92. The summed E-state index contributed by atoms with van der Waals surface area (Å²) in [5, 5.41) is 0. The van der Waals surface area contributed by atoms with Crippen molar-refractivity contribution < 1.29 is 32.6 Å². The number of carbonyl (C=O) groups is 2. The van der Waals surface area contributed by atoms with Gasteiger partial charge in [-0.2, -0.15) is 0 Å². The molecule has 29 heavy (non-hydrogen) atoms. The molecule has 0 aromatic heterocycles. The topological polar surface area (TPSA) is 68.3 Å². The van der Waals surface area contributed by atoms with Crippen LogP contribution in [0.1, 0.15) is 12.0 Å². The minimum Gasteiger partial charge on any atom is -0.493 e. The Hall–Kier alpha value is -2.42. The van der Waals surface area contributed by atoms with E-state index in [1.165, 1.54) is 7.11 Å². The Kier molecular flexibility index (Phi) is 8.63. The van der Waals surface area contributed by atoms with Crippen LogP contribution in [0, 0.1) is 5.92 Å². The molecule has 1 aliphatic heterocycles. The molecular weight excluding hydrogens is 386 g/mol. The predicted octanol–water partition coefficient (Wildman–Crippen LogP) is 1.83. The van der Waals surface area contributed by atoms with Crippen LogP contribution < -0.4 is 9.47 Å². The summed E-state index contributed by atoms with van der Waals surface area (Å²) in [5.41, 5.74) is 0.963. The molecule has 2 amide bonds.